The summed E-state index contributed by atoms with van der Waals surface area (Å²) in [6.07, 6.45) is 0. The molecule has 0 heterocycles. The Kier molecular flexibility index (Phi) is 5.03. The van der Waals surface area contributed by atoms with Crippen LogP contribution >= 0.6 is 0 Å². The molecule has 0 aromatic carbocycles. The third-order valence-electron chi connectivity index (χ3n) is 0.230. The second-order valence-electron chi connectivity index (χ2n) is 0.640. The first-order valence-corrected chi connectivity index (χ1v) is 19.8. The molecule has 0 aliphatic carbocycles. The third-order valence-corrected chi connectivity index (χ3v) is 15.2. The zero-order valence-electron chi connectivity index (χ0n) is 3.01. The minimum atomic E-state index is -0.518. The summed E-state index contributed by atoms with van der Waals surface area (Å²) >= 11 is 1.49. The summed E-state index contributed by atoms with van der Waals surface area (Å²) in [6.45, 7) is 0. The Morgan fingerprint density at radius 1 is 2.00 bits per heavy atom. The summed E-state index contributed by atoms with van der Waals surface area (Å²) in [6, 6.07) is 0. The predicted octanol–water partition coefficient (Wildman–Crippen LogP) is -2.00. The summed E-state index contributed by atoms with van der Waals surface area (Å²) in [5.41, 5.74) is 0. The molecule has 1 N–H and O–H groups in total. The summed E-state index contributed by atoms with van der Waals surface area (Å²) in [5, 5.41) is 8.01. The number of hydrogen-bond donors (Lipinski definition) is 1. The average Bonchev–Trinajstić information content (AvgIpc) is 1.35. The monoisotopic (exact) mass is 278 g/mol. The molecule has 2 nitrogen and oxygen atoms in total. The van der Waals surface area contributed by atoms with Crippen LogP contribution in [-0.4, -0.2) is 49.2 Å². The predicted molar refractivity (Wildman–Crippen MR) is 30.9 cm³/mol. The van der Waals surface area contributed by atoms with E-state index in [0.29, 0.717) is 0 Å². The molecule has 0 rings (SSSR count). The summed E-state index contributed by atoms with van der Waals surface area (Å²) < 4.78 is -0.518. The Morgan fingerprint density at radius 2 is 2.50 bits per heavy atom. The normalized spacial score (nSPS) is 12.2. The SMILES string of the molecule is O=C(O)[AsH][GeH2][SeH]. The van der Waals surface area contributed by atoms with Crippen LogP contribution in [-0.2, 0) is 0 Å². The van der Waals surface area contributed by atoms with Crippen LogP contribution in [0, 0.1) is 0 Å². The van der Waals surface area contributed by atoms with Gasteiger partial charge in [0.25, 0.3) is 0 Å². The fraction of sp³-hybridized carbons (Fsp3) is 0. The Bertz CT molecular complexity index is 57.5. The fourth-order valence-electron chi connectivity index (χ4n) is 0.0676. The molecule has 0 spiro atoms. The van der Waals surface area contributed by atoms with Crippen molar-refractivity contribution in [1.82, 2.24) is 0 Å². The number of rotatable bonds is 2. The molecule has 0 saturated carbocycles. The third kappa shape index (κ3) is 5.09. The van der Waals surface area contributed by atoms with Crippen LogP contribution < -0.4 is 0 Å². The topological polar surface area (TPSA) is 37.3 Å². The van der Waals surface area contributed by atoms with Crippen LogP contribution in [0.2, 0.25) is 0 Å². The summed E-state index contributed by atoms with van der Waals surface area (Å²) in [7, 11) is 0. The van der Waals surface area contributed by atoms with Crippen LogP contribution in [0.5, 0.6) is 0 Å². The molecule has 1 unspecified atom stereocenters. The van der Waals surface area contributed by atoms with E-state index in [1.54, 1.807) is 0 Å². The number of carboxylic acid groups (broad SMARTS) is 1. The van der Waals surface area contributed by atoms with Crippen LogP contribution in [0.15, 0.2) is 0 Å². The van der Waals surface area contributed by atoms with Crippen molar-refractivity contribution in [3.63, 3.8) is 0 Å². The quantitative estimate of drug-likeness (QED) is 0.592. The molecule has 5 heteroatoms. The van der Waals surface area contributed by atoms with Crippen LogP contribution in [0.1, 0.15) is 0 Å². The average molecular weight is 276 g/mol. The van der Waals surface area contributed by atoms with Gasteiger partial charge in [-0.15, -0.1) is 0 Å². The second kappa shape index (κ2) is 4.25. The molecule has 0 amide bonds. The standard InChI is InChI=1S/CH5AsGeO2Se/c4-1(5)2-3-6/h2,6H,3H2,(H,4,5). The van der Waals surface area contributed by atoms with Crippen molar-refractivity contribution in [3.8, 4) is 0 Å². The van der Waals surface area contributed by atoms with Gasteiger partial charge in [0, 0.05) is 0 Å². The van der Waals surface area contributed by atoms with Crippen molar-refractivity contribution in [1.29, 1.82) is 0 Å². The van der Waals surface area contributed by atoms with Crippen LogP contribution in [0.25, 0.3) is 0 Å². The van der Waals surface area contributed by atoms with Gasteiger partial charge in [-0.3, -0.25) is 0 Å². The molecule has 0 aromatic rings. The summed E-state index contributed by atoms with van der Waals surface area (Å²) in [4.78, 5) is 9.69. The molecular formula is CH5AsGeO2Se. The molecule has 1 atom stereocenters. The van der Waals surface area contributed by atoms with E-state index in [9.17, 15) is 4.79 Å². The molecule has 0 bridgehead atoms. The van der Waals surface area contributed by atoms with Gasteiger partial charge >= 0.3 is 54.0 Å². The van der Waals surface area contributed by atoms with Crippen molar-refractivity contribution < 1.29 is 9.90 Å². The fourth-order valence-corrected chi connectivity index (χ4v) is 9.49. The Labute approximate surface area is 53.9 Å². The van der Waals surface area contributed by atoms with Crippen molar-refractivity contribution >= 4 is 44.1 Å². The van der Waals surface area contributed by atoms with E-state index in [0.717, 1.165) is 0 Å². The Morgan fingerprint density at radius 3 is 2.50 bits per heavy atom. The van der Waals surface area contributed by atoms with Gasteiger partial charge < -0.3 is 0 Å². The molecule has 0 aromatic heterocycles. The molecule has 0 aliphatic rings. The first kappa shape index (κ1) is 7.09. The Balaban J connectivity index is 2.83. The van der Waals surface area contributed by atoms with E-state index in [1.165, 1.54) is 0 Å². The molecular weight excluding hydrogens is 271 g/mol. The van der Waals surface area contributed by atoms with E-state index < -0.39 is 30.0 Å². The van der Waals surface area contributed by atoms with E-state index in [-0.39, 0.29) is 0 Å². The van der Waals surface area contributed by atoms with Gasteiger partial charge in [0.1, 0.15) is 0 Å². The minimum absolute atomic E-state index is 0.465. The molecule has 0 saturated heterocycles. The van der Waals surface area contributed by atoms with Gasteiger partial charge in [-0.2, -0.15) is 0 Å². The van der Waals surface area contributed by atoms with Gasteiger partial charge in [-0.05, 0) is 0 Å². The van der Waals surface area contributed by atoms with Crippen molar-refractivity contribution in [2.45, 2.75) is 0 Å². The first-order valence-electron chi connectivity index (χ1n) is 1.35. The van der Waals surface area contributed by atoms with E-state index in [2.05, 4.69) is 14.1 Å². The maximum atomic E-state index is 9.69. The van der Waals surface area contributed by atoms with Crippen LogP contribution in [0.4, 0.5) is 4.79 Å². The zero-order chi connectivity index (χ0) is 4.99. The van der Waals surface area contributed by atoms with E-state index >= 15 is 0 Å². The van der Waals surface area contributed by atoms with Gasteiger partial charge in [0.2, 0.25) is 0 Å². The van der Waals surface area contributed by atoms with Crippen molar-refractivity contribution in [3.05, 3.63) is 0 Å². The molecule has 6 heavy (non-hydrogen) atoms. The molecule has 0 fully saturated rings. The number of carbonyl (C=O) groups is 1. The molecule has 36 valence electrons. The summed E-state index contributed by atoms with van der Waals surface area (Å²) in [5.74, 6) is 0. The van der Waals surface area contributed by atoms with Gasteiger partial charge in [-0.25, -0.2) is 0 Å². The molecule has 0 radical (unpaired) electrons. The van der Waals surface area contributed by atoms with Crippen molar-refractivity contribution in [2.24, 2.45) is 0 Å². The Hall–Kier alpha value is 1.09. The van der Waals surface area contributed by atoms with Gasteiger partial charge in [-0.1, -0.05) is 0 Å². The first-order chi connectivity index (χ1) is 2.77. The zero-order valence-corrected chi connectivity index (χ0v) is 9.95. The van der Waals surface area contributed by atoms with Gasteiger partial charge in [0.05, 0.1) is 0 Å². The van der Waals surface area contributed by atoms with E-state index in [1.807, 2.05) is 0 Å². The number of hydrogen-bond acceptors (Lipinski definition) is 1. The second-order valence-corrected chi connectivity index (χ2v) is 28.2. The van der Waals surface area contributed by atoms with Crippen LogP contribution in [0.3, 0.4) is 0 Å². The van der Waals surface area contributed by atoms with E-state index in [4.69, 9.17) is 5.11 Å². The molecule has 0 aliphatic heterocycles. The van der Waals surface area contributed by atoms with Gasteiger partial charge in [0.15, 0.2) is 0 Å². The van der Waals surface area contributed by atoms with Crippen molar-refractivity contribution in [2.75, 3.05) is 0 Å². The maximum absolute atomic E-state index is 9.69.